The van der Waals surface area contributed by atoms with E-state index < -0.39 is 17.1 Å². The number of rotatable bonds is 6. The first-order chi connectivity index (χ1) is 11.0. The smallest absolute Gasteiger partial charge is 0.294 e. The first kappa shape index (κ1) is 17.1. The fraction of sp³-hybridized carbons (Fsp3) is 0.312. The number of anilines is 1. The molecule has 1 aliphatic rings. The average molecular weight is 333 g/mol. The van der Waals surface area contributed by atoms with E-state index in [0.717, 1.165) is 41.0 Å². The Kier molecular flexibility index (Phi) is 5.44. The van der Waals surface area contributed by atoms with Gasteiger partial charge in [0.2, 0.25) is 5.91 Å². The predicted molar refractivity (Wildman–Crippen MR) is 91.9 cm³/mol. The van der Waals surface area contributed by atoms with Gasteiger partial charge in [-0.2, -0.15) is 0 Å². The Hall–Kier alpha value is -2.28. The molecule has 0 aliphatic carbocycles. The van der Waals surface area contributed by atoms with Crippen LogP contribution in [0.15, 0.2) is 29.2 Å². The molecule has 1 aliphatic heterocycles. The summed E-state index contributed by atoms with van der Waals surface area (Å²) in [7, 11) is 0. The molecule has 0 spiro atoms. The lowest BCUT2D eigenvalue weighted by Crippen LogP contribution is -2.36. The second-order valence-corrected chi connectivity index (χ2v) is 5.99. The lowest BCUT2D eigenvalue weighted by Gasteiger charge is -2.20. The van der Waals surface area contributed by atoms with Crippen LogP contribution in [0.3, 0.4) is 0 Å². The molecule has 2 N–H and O–H groups in total. The Morgan fingerprint density at radius 3 is 2.35 bits per heavy atom. The number of amides is 3. The molecule has 23 heavy (non-hydrogen) atoms. The highest BCUT2D eigenvalue weighted by molar-refractivity contribution is 8.18. The number of carbonyl (C=O) groups is 3. The molecule has 1 heterocycles. The van der Waals surface area contributed by atoms with Gasteiger partial charge in [-0.05, 0) is 49.4 Å². The normalized spacial score (nSPS) is 16.3. The van der Waals surface area contributed by atoms with Gasteiger partial charge < -0.3 is 10.6 Å². The molecule has 0 unspecified atom stereocenters. The van der Waals surface area contributed by atoms with Crippen molar-refractivity contribution in [1.29, 1.82) is 0 Å². The van der Waals surface area contributed by atoms with Crippen molar-refractivity contribution in [2.24, 2.45) is 5.73 Å². The second-order valence-electron chi connectivity index (χ2n) is 5.00. The van der Waals surface area contributed by atoms with Crippen molar-refractivity contribution in [3.8, 4) is 0 Å². The molecule has 0 atom stereocenters. The largest absolute Gasteiger partial charge is 0.372 e. The van der Waals surface area contributed by atoms with Crippen molar-refractivity contribution in [3.63, 3.8) is 0 Å². The quantitative estimate of drug-likeness (QED) is 0.806. The molecule has 6 nitrogen and oxygen atoms in total. The molecule has 0 radical (unpaired) electrons. The monoisotopic (exact) mass is 333 g/mol. The molecule has 0 saturated carbocycles. The number of thioether (sulfide) groups is 1. The van der Waals surface area contributed by atoms with Crippen molar-refractivity contribution >= 4 is 40.6 Å². The van der Waals surface area contributed by atoms with Crippen LogP contribution in [0, 0.1) is 0 Å². The first-order valence-electron chi connectivity index (χ1n) is 7.35. The number of imide groups is 1. The number of benzene rings is 1. The third kappa shape index (κ3) is 3.92. The minimum Gasteiger partial charge on any atom is -0.372 e. The van der Waals surface area contributed by atoms with E-state index in [9.17, 15) is 14.4 Å². The molecule has 0 bridgehead atoms. The summed E-state index contributed by atoms with van der Waals surface area (Å²) in [5.41, 5.74) is 6.98. The van der Waals surface area contributed by atoms with Crippen LogP contribution in [0.25, 0.3) is 6.08 Å². The average Bonchev–Trinajstić information content (AvgIpc) is 2.77. The topological polar surface area (TPSA) is 83.7 Å². The fourth-order valence-electron chi connectivity index (χ4n) is 2.31. The summed E-state index contributed by atoms with van der Waals surface area (Å²) < 4.78 is 0. The summed E-state index contributed by atoms with van der Waals surface area (Å²) >= 11 is 0.818. The third-order valence-electron chi connectivity index (χ3n) is 3.51. The molecular weight excluding hydrogens is 314 g/mol. The van der Waals surface area contributed by atoms with Crippen molar-refractivity contribution < 1.29 is 14.4 Å². The molecule has 7 heteroatoms. The number of nitrogens with zero attached hydrogens (tertiary/aromatic N) is 2. The maximum Gasteiger partial charge on any atom is 0.294 e. The Balaban J connectivity index is 2.17. The lowest BCUT2D eigenvalue weighted by atomic mass is 10.1. The van der Waals surface area contributed by atoms with E-state index in [2.05, 4.69) is 18.7 Å². The Morgan fingerprint density at radius 1 is 1.22 bits per heavy atom. The Bertz CT molecular complexity index is 651. The zero-order valence-electron chi connectivity index (χ0n) is 13.1. The summed E-state index contributed by atoms with van der Waals surface area (Å²) in [5.74, 6) is -1.19. The lowest BCUT2D eigenvalue weighted by molar-refractivity contribution is -0.127. The van der Waals surface area contributed by atoms with Crippen molar-refractivity contribution in [3.05, 3.63) is 34.7 Å². The van der Waals surface area contributed by atoms with Crippen LogP contribution < -0.4 is 10.6 Å². The molecular formula is C16H19N3O3S. The highest BCUT2D eigenvalue weighted by Gasteiger charge is 2.35. The van der Waals surface area contributed by atoms with Crippen molar-refractivity contribution in [2.45, 2.75) is 13.8 Å². The van der Waals surface area contributed by atoms with E-state index in [4.69, 9.17) is 5.73 Å². The molecule has 1 aromatic rings. The zero-order valence-corrected chi connectivity index (χ0v) is 13.9. The number of hydrogen-bond donors (Lipinski definition) is 1. The van der Waals surface area contributed by atoms with Gasteiger partial charge in [-0.25, -0.2) is 0 Å². The highest BCUT2D eigenvalue weighted by Crippen LogP contribution is 2.32. The van der Waals surface area contributed by atoms with Gasteiger partial charge in [0.15, 0.2) is 0 Å². The maximum absolute atomic E-state index is 12.1. The number of primary amides is 1. The van der Waals surface area contributed by atoms with Gasteiger partial charge in [-0.15, -0.1) is 0 Å². The van der Waals surface area contributed by atoms with Gasteiger partial charge in [0.25, 0.3) is 11.1 Å². The molecule has 1 aromatic carbocycles. The Morgan fingerprint density at radius 2 is 1.83 bits per heavy atom. The van der Waals surface area contributed by atoms with E-state index >= 15 is 0 Å². The standard InChI is InChI=1S/C16H19N3O3S/c1-3-18(4-2)12-7-5-11(6-8-12)9-13-15(21)19(10-14(17)20)16(22)23-13/h5-9H,3-4,10H2,1-2H3,(H2,17,20)/b13-9-. The maximum atomic E-state index is 12.1. The van der Waals surface area contributed by atoms with Crippen LogP contribution in [0.4, 0.5) is 10.5 Å². The minimum absolute atomic E-state index is 0.298. The van der Waals surface area contributed by atoms with Crippen molar-refractivity contribution in [1.82, 2.24) is 4.90 Å². The summed E-state index contributed by atoms with van der Waals surface area (Å²) in [6.07, 6.45) is 1.65. The van der Waals surface area contributed by atoms with Crippen molar-refractivity contribution in [2.75, 3.05) is 24.5 Å². The SMILES string of the molecule is CCN(CC)c1ccc(/C=C2\SC(=O)N(CC(N)=O)C2=O)cc1. The van der Waals surface area contributed by atoms with Gasteiger partial charge in [-0.3, -0.25) is 19.3 Å². The fourth-order valence-corrected chi connectivity index (χ4v) is 3.15. The second kappa shape index (κ2) is 7.32. The molecule has 122 valence electrons. The summed E-state index contributed by atoms with van der Waals surface area (Å²) in [4.78, 5) is 38.2. The van der Waals surface area contributed by atoms with Gasteiger partial charge in [-0.1, -0.05) is 12.1 Å². The third-order valence-corrected chi connectivity index (χ3v) is 4.41. The van der Waals surface area contributed by atoms with Crippen LogP contribution in [0.1, 0.15) is 19.4 Å². The molecule has 1 fully saturated rings. The summed E-state index contributed by atoms with van der Waals surface area (Å²) in [5, 5.41) is -0.472. The van der Waals surface area contributed by atoms with Gasteiger partial charge in [0.05, 0.1) is 4.91 Å². The van der Waals surface area contributed by atoms with E-state index in [1.807, 2.05) is 24.3 Å². The van der Waals surface area contributed by atoms with Gasteiger partial charge in [0.1, 0.15) is 6.54 Å². The van der Waals surface area contributed by atoms with E-state index in [0.29, 0.717) is 4.91 Å². The van der Waals surface area contributed by atoms with E-state index in [1.165, 1.54) is 0 Å². The summed E-state index contributed by atoms with van der Waals surface area (Å²) in [6.45, 7) is 5.63. The number of carbonyl (C=O) groups excluding carboxylic acids is 3. The Labute approximate surface area is 139 Å². The van der Waals surface area contributed by atoms with Crippen LogP contribution in [-0.4, -0.2) is 41.6 Å². The minimum atomic E-state index is -0.711. The number of hydrogen-bond acceptors (Lipinski definition) is 5. The summed E-state index contributed by atoms with van der Waals surface area (Å²) in [6, 6.07) is 7.75. The zero-order chi connectivity index (χ0) is 17.0. The van der Waals surface area contributed by atoms with Crippen LogP contribution >= 0.6 is 11.8 Å². The highest BCUT2D eigenvalue weighted by atomic mass is 32.2. The van der Waals surface area contributed by atoms with Crippen LogP contribution in [0.5, 0.6) is 0 Å². The van der Waals surface area contributed by atoms with Crippen LogP contribution in [0.2, 0.25) is 0 Å². The molecule has 3 amide bonds. The van der Waals surface area contributed by atoms with Gasteiger partial charge >= 0.3 is 0 Å². The number of nitrogens with two attached hydrogens (primary N) is 1. The van der Waals surface area contributed by atoms with Crippen LogP contribution in [-0.2, 0) is 9.59 Å². The van der Waals surface area contributed by atoms with E-state index in [1.54, 1.807) is 6.08 Å². The van der Waals surface area contributed by atoms with Gasteiger partial charge in [0, 0.05) is 18.8 Å². The molecule has 1 saturated heterocycles. The molecule has 0 aromatic heterocycles. The molecule has 2 rings (SSSR count). The predicted octanol–water partition coefficient (Wildman–Crippen LogP) is 2.05. The first-order valence-corrected chi connectivity index (χ1v) is 8.16. The van der Waals surface area contributed by atoms with E-state index in [-0.39, 0.29) is 6.54 Å².